The second-order valence-electron chi connectivity index (χ2n) is 6.93. The molecule has 0 radical (unpaired) electrons. The van der Waals surface area contributed by atoms with Gasteiger partial charge in [0.2, 0.25) is 5.89 Å². The zero-order valence-corrected chi connectivity index (χ0v) is 17.3. The fraction of sp³-hybridized carbons (Fsp3) is 0.273. The summed E-state index contributed by atoms with van der Waals surface area (Å²) in [4.78, 5) is 22.3. The molecule has 7 heteroatoms. The Kier molecular flexibility index (Phi) is 5.76. The molecule has 29 heavy (non-hydrogen) atoms. The number of thioether (sulfide) groups is 1. The number of hydrogen-bond acceptors (Lipinski definition) is 6. The van der Waals surface area contributed by atoms with Crippen molar-refractivity contribution in [1.29, 1.82) is 0 Å². The molecule has 0 aliphatic carbocycles. The third-order valence-corrected chi connectivity index (χ3v) is 5.56. The van der Waals surface area contributed by atoms with E-state index in [9.17, 15) is 4.79 Å². The summed E-state index contributed by atoms with van der Waals surface area (Å²) < 4.78 is 7.05. The van der Waals surface area contributed by atoms with E-state index in [1.165, 1.54) is 17.3 Å². The molecule has 6 nitrogen and oxygen atoms in total. The highest BCUT2D eigenvalue weighted by atomic mass is 32.2. The van der Waals surface area contributed by atoms with E-state index >= 15 is 0 Å². The Bertz CT molecular complexity index is 1180. The molecule has 0 amide bonds. The molecule has 0 saturated heterocycles. The second kappa shape index (κ2) is 8.61. The van der Waals surface area contributed by atoms with Crippen LogP contribution in [-0.2, 0) is 18.7 Å². The van der Waals surface area contributed by atoms with Crippen molar-refractivity contribution in [3.63, 3.8) is 0 Å². The van der Waals surface area contributed by atoms with E-state index in [0.29, 0.717) is 40.1 Å². The molecule has 0 unspecified atom stereocenters. The molecule has 2 heterocycles. The lowest BCUT2D eigenvalue weighted by Crippen LogP contribution is -2.24. The van der Waals surface area contributed by atoms with E-state index in [0.717, 1.165) is 18.4 Å². The summed E-state index contributed by atoms with van der Waals surface area (Å²) in [5.74, 6) is 1.73. The van der Waals surface area contributed by atoms with Gasteiger partial charge in [-0.2, -0.15) is 4.98 Å². The van der Waals surface area contributed by atoms with Crippen molar-refractivity contribution in [2.24, 2.45) is 0 Å². The average molecular weight is 407 g/mol. The Balaban J connectivity index is 1.68. The van der Waals surface area contributed by atoms with Gasteiger partial charge in [-0.25, -0.2) is 4.98 Å². The summed E-state index contributed by atoms with van der Waals surface area (Å²) >= 11 is 1.44. The first-order valence-electron chi connectivity index (χ1n) is 9.63. The largest absolute Gasteiger partial charge is 0.338 e. The number of hydrogen-bond donors (Lipinski definition) is 0. The van der Waals surface area contributed by atoms with Crippen molar-refractivity contribution < 1.29 is 4.52 Å². The second-order valence-corrected chi connectivity index (χ2v) is 7.87. The van der Waals surface area contributed by atoms with Crippen molar-refractivity contribution in [1.82, 2.24) is 19.7 Å². The molecular formula is C22H22N4O2S. The van der Waals surface area contributed by atoms with Gasteiger partial charge in [0.1, 0.15) is 0 Å². The Morgan fingerprint density at radius 3 is 2.66 bits per heavy atom. The minimum Gasteiger partial charge on any atom is -0.338 e. The highest BCUT2D eigenvalue weighted by molar-refractivity contribution is 7.98. The Morgan fingerprint density at radius 1 is 1.07 bits per heavy atom. The maximum atomic E-state index is 13.2. The van der Waals surface area contributed by atoms with Crippen LogP contribution < -0.4 is 5.56 Å². The van der Waals surface area contributed by atoms with Gasteiger partial charge in [0.25, 0.3) is 5.56 Å². The monoisotopic (exact) mass is 406 g/mol. The molecule has 0 N–H and O–H groups in total. The number of aryl methyl sites for hydroxylation is 2. The van der Waals surface area contributed by atoms with Crippen LogP contribution in [0.1, 0.15) is 36.2 Å². The predicted molar refractivity (Wildman–Crippen MR) is 114 cm³/mol. The molecule has 0 bridgehead atoms. The first-order valence-corrected chi connectivity index (χ1v) is 10.6. The van der Waals surface area contributed by atoms with Crippen molar-refractivity contribution in [3.05, 3.63) is 81.7 Å². The van der Waals surface area contributed by atoms with Crippen molar-refractivity contribution >= 4 is 22.7 Å². The predicted octanol–water partition coefficient (Wildman–Crippen LogP) is 4.38. The number of rotatable bonds is 7. The molecular weight excluding hydrogens is 384 g/mol. The van der Waals surface area contributed by atoms with Crippen LogP contribution in [-0.4, -0.2) is 19.7 Å². The van der Waals surface area contributed by atoms with E-state index in [2.05, 4.69) is 29.2 Å². The molecule has 0 aliphatic rings. The van der Waals surface area contributed by atoms with Gasteiger partial charge >= 0.3 is 0 Å². The van der Waals surface area contributed by atoms with E-state index < -0.39 is 0 Å². The lowest BCUT2D eigenvalue weighted by atomic mass is 10.1. The van der Waals surface area contributed by atoms with Gasteiger partial charge in [-0.3, -0.25) is 9.36 Å². The molecule has 148 valence electrons. The fourth-order valence-corrected chi connectivity index (χ4v) is 3.91. The third-order valence-electron chi connectivity index (χ3n) is 4.60. The van der Waals surface area contributed by atoms with Crippen molar-refractivity contribution in [3.8, 4) is 0 Å². The highest BCUT2D eigenvalue weighted by Gasteiger charge is 2.14. The van der Waals surface area contributed by atoms with Gasteiger partial charge in [0.15, 0.2) is 11.0 Å². The number of benzene rings is 2. The average Bonchev–Trinajstić information content (AvgIpc) is 3.18. The molecule has 0 aliphatic heterocycles. The minimum absolute atomic E-state index is 0.0455. The van der Waals surface area contributed by atoms with Crippen LogP contribution >= 0.6 is 11.8 Å². The van der Waals surface area contributed by atoms with Crippen molar-refractivity contribution in [2.75, 3.05) is 0 Å². The Hall–Kier alpha value is -2.93. The van der Waals surface area contributed by atoms with Crippen molar-refractivity contribution in [2.45, 2.75) is 44.1 Å². The SMILES string of the molecule is CCCc1noc(CSc2nc3ccccc3c(=O)n2Cc2ccc(C)cc2)n1. The highest BCUT2D eigenvalue weighted by Crippen LogP contribution is 2.22. The van der Waals surface area contributed by atoms with Crippen LogP contribution in [0.15, 0.2) is 63.0 Å². The van der Waals surface area contributed by atoms with Gasteiger partial charge in [-0.15, -0.1) is 0 Å². The fourth-order valence-electron chi connectivity index (χ4n) is 3.07. The number of para-hydroxylation sites is 1. The Labute approximate surface area is 173 Å². The zero-order chi connectivity index (χ0) is 20.2. The summed E-state index contributed by atoms with van der Waals surface area (Å²) in [5, 5.41) is 5.26. The maximum absolute atomic E-state index is 13.2. The molecule has 2 aromatic carbocycles. The van der Waals surface area contributed by atoms with Crippen LogP contribution in [0.4, 0.5) is 0 Å². The van der Waals surface area contributed by atoms with Crippen LogP contribution in [0.3, 0.4) is 0 Å². The molecule has 2 aromatic heterocycles. The van der Waals surface area contributed by atoms with Crippen LogP contribution in [0.2, 0.25) is 0 Å². The number of aromatic nitrogens is 4. The van der Waals surface area contributed by atoms with Crippen LogP contribution in [0.5, 0.6) is 0 Å². The Morgan fingerprint density at radius 2 is 1.86 bits per heavy atom. The summed E-state index contributed by atoms with van der Waals surface area (Å²) in [5.41, 5.74) is 2.89. The van der Waals surface area contributed by atoms with Gasteiger partial charge in [-0.05, 0) is 31.0 Å². The van der Waals surface area contributed by atoms with Gasteiger partial charge in [-0.1, -0.05) is 65.8 Å². The lowest BCUT2D eigenvalue weighted by Gasteiger charge is -2.13. The topological polar surface area (TPSA) is 73.8 Å². The van der Waals surface area contributed by atoms with E-state index in [4.69, 9.17) is 9.51 Å². The first kappa shape index (κ1) is 19.4. The van der Waals surface area contributed by atoms with E-state index in [1.807, 2.05) is 43.3 Å². The smallest absolute Gasteiger partial charge is 0.262 e. The van der Waals surface area contributed by atoms with Gasteiger partial charge in [0.05, 0.1) is 23.2 Å². The summed E-state index contributed by atoms with van der Waals surface area (Å²) in [6.07, 6.45) is 1.76. The van der Waals surface area contributed by atoms with Crippen LogP contribution in [0.25, 0.3) is 10.9 Å². The summed E-state index contributed by atoms with van der Waals surface area (Å²) in [6.45, 7) is 4.59. The maximum Gasteiger partial charge on any atom is 0.262 e. The molecule has 0 spiro atoms. The van der Waals surface area contributed by atoms with Crippen LogP contribution in [0, 0.1) is 6.92 Å². The molecule has 4 rings (SSSR count). The standard InChI is InChI=1S/C22H22N4O2S/c1-3-6-19-24-20(28-25-19)14-29-22-23-18-8-5-4-7-17(18)21(27)26(22)13-16-11-9-15(2)10-12-16/h4-5,7-12H,3,6,13-14H2,1-2H3. The number of fused-ring (bicyclic) bond motifs is 1. The normalized spacial score (nSPS) is 11.2. The summed E-state index contributed by atoms with van der Waals surface area (Å²) in [6, 6.07) is 15.6. The molecule has 0 atom stereocenters. The minimum atomic E-state index is -0.0455. The van der Waals surface area contributed by atoms with Gasteiger partial charge < -0.3 is 4.52 Å². The van der Waals surface area contributed by atoms with Gasteiger partial charge in [0, 0.05) is 6.42 Å². The first-order chi connectivity index (χ1) is 14.1. The lowest BCUT2D eigenvalue weighted by molar-refractivity contribution is 0.384. The number of nitrogens with zero attached hydrogens (tertiary/aromatic N) is 4. The van der Waals surface area contributed by atoms with E-state index in [1.54, 1.807) is 4.57 Å². The molecule has 0 saturated carbocycles. The molecule has 4 aromatic rings. The summed E-state index contributed by atoms with van der Waals surface area (Å²) in [7, 11) is 0. The van der Waals surface area contributed by atoms with E-state index in [-0.39, 0.29) is 5.56 Å². The zero-order valence-electron chi connectivity index (χ0n) is 16.5. The quantitative estimate of drug-likeness (QED) is 0.335. The third kappa shape index (κ3) is 4.40. The molecule has 0 fully saturated rings.